The number of hydrogen-bond acceptors (Lipinski definition) is 4. The van der Waals surface area contributed by atoms with Gasteiger partial charge in [0.15, 0.2) is 0 Å². The van der Waals surface area contributed by atoms with Crippen molar-refractivity contribution < 1.29 is 23.8 Å². The molecule has 0 aromatic heterocycles. The third kappa shape index (κ3) is 4.71. The van der Waals surface area contributed by atoms with E-state index in [1.807, 2.05) is 0 Å². The highest BCUT2D eigenvalue weighted by molar-refractivity contribution is 5.94. The second kappa shape index (κ2) is 7.92. The Labute approximate surface area is 115 Å². The average molecular weight is 279 g/mol. The number of esters is 1. The molecule has 0 aliphatic rings. The molecule has 0 aliphatic carbocycles. The van der Waals surface area contributed by atoms with Gasteiger partial charge in [-0.25, -0.2) is 4.39 Å². The van der Waals surface area contributed by atoms with Gasteiger partial charge in [0.05, 0.1) is 19.1 Å². The Hall–Kier alpha value is -2.39. The predicted molar refractivity (Wildman–Crippen MR) is 69.3 cm³/mol. The fraction of sp³-hybridized carbons (Fsp3) is 0.286. The number of halogens is 1. The van der Waals surface area contributed by atoms with E-state index in [4.69, 9.17) is 5.11 Å². The Balaban J connectivity index is 2.65. The Kier molecular flexibility index (Phi) is 6.20. The van der Waals surface area contributed by atoms with Crippen LogP contribution in [0.25, 0.3) is 0 Å². The number of carbonyl (C=O) groups excluding carboxylic acids is 2. The van der Waals surface area contributed by atoms with E-state index in [9.17, 15) is 14.0 Å². The molecule has 0 aliphatic heterocycles. The molecule has 0 heterocycles. The van der Waals surface area contributed by atoms with Gasteiger partial charge >= 0.3 is 5.97 Å². The summed E-state index contributed by atoms with van der Waals surface area (Å²) < 4.78 is 18.0. The van der Waals surface area contributed by atoms with Crippen LogP contribution in [0.15, 0.2) is 18.2 Å². The van der Waals surface area contributed by atoms with Crippen LogP contribution in [0.1, 0.15) is 22.3 Å². The fourth-order valence-corrected chi connectivity index (χ4v) is 1.37. The third-order valence-electron chi connectivity index (χ3n) is 2.38. The molecule has 0 saturated heterocycles. The molecular weight excluding hydrogens is 265 g/mol. The highest BCUT2D eigenvalue weighted by Gasteiger charge is 2.09. The van der Waals surface area contributed by atoms with Crippen molar-refractivity contribution in [3.8, 4) is 11.8 Å². The number of carbonyl (C=O) groups is 2. The van der Waals surface area contributed by atoms with Crippen molar-refractivity contribution in [3.05, 3.63) is 35.1 Å². The second-order valence-electron chi connectivity index (χ2n) is 3.74. The van der Waals surface area contributed by atoms with E-state index in [2.05, 4.69) is 21.9 Å². The maximum Gasteiger partial charge on any atom is 0.307 e. The Bertz CT molecular complexity index is 560. The molecule has 0 atom stereocenters. The lowest BCUT2D eigenvalue weighted by Crippen LogP contribution is -2.26. The van der Waals surface area contributed by atoms with E-state index >= 15 is 0 Å². The van der Waals surface area contributed by atoms with Crippen LogP contribution in [0.5, 0.6) is 0 Å². The summed E-state index contributed by atoms with van der Waals surface area (Å²) in [6.45, 7) is -0.256. The first-order chi connectivity index (χ1) is 9.58. The van der Waals surface area contributed by atoms with Gasteiger partial charge in [0.25, 0.3) is 5.91 Å². The molecule has 1 aromatic carbocycles. The number of nitrogens with one attached hydrogen (secondary N) is 1. The Morgan fingerprint density at radius 3 is 2.80 bits per heavy atom. The molecule has 5 nitrogen and oxygen atoms in total. The van der Waals surface area contributed by atoms with Crippen LogP contribution < -0.4 is 5.32 Å². The van der Waals surface area contributed by atoms with Crippen LogP contribution >= 0.6 is 0 Å². The van der Waals surface area contributed by atoms with Gasteiger partial charge in [0.1, 0.15) is 12.4 Å². The highest BCUT2D eigenvalue weighted by Crippen LogP contribution is 2.09. The van der Waals surface area contributed by atoms with Crippen LogP contribution in [0.2, 0.25) is 0 Å². The van der Waals surface area contributed by atoms with Crippen LogP contribution in [0, 0.1) is 17.7 Å². The summed E-state index contributed by atoms with van der Waals surface area (Å²) >= 11 is 0. The number of aliphatic hydroxyl groups excluding tert-OH is 1. The normalized spacial score (nSPS) is 9.35. The first-order valence-electron chi connectivity index (χ1n) is 5.82. The molecule has 2 N–H and O–H groups in total. The second-order valence-corrected chi connectivity index (χ2v) is 3.74. The first kappa shape index (κ1) is 15.7. The minimum Gasteiger partial charge on any atom is -0.469 e. The molecule has 0 unspecified atom stereocenters. The zero-order chi connectivity index (χ0) is 15.0. The molecule has 1 aromatic rings. The van der Waals surface area contributed by atoms with E-state index in [1.54, 1.807) is 0 Å². The van der Waals surface area contributed by atoms with Crippen LogP contribution in [-0.4, -0.2) is 37.2 Å². The molecule has 1 rings (SSSR count). The van der Waals surface area contributed by atoms with E-state index in [-0.39, 0.29) is 30.7 Å². The van der Waals surface area contributed by atoms with Crippen molar-refractivity contribution in [2.45, 2.75) is 6.42 Å². The zero-order valence-electron chi connectivity index (χ0n) is 10.9. The summed E-state index contributed by atoms with van der Waals surface area (Å²) in [5.41, 5.74) is 0.229. The minimum absolute atomic E-state index is 0.0464. The lowest BCUT2D eigenvalue weighted by molar-refractivity contribution is -0.140. The molecule has 0 radical (unpaired) electrons. The van der Waals surface area contributed by atoms with Gasteiger partial charge in [0, 0.05) is 12.1 Å². The number of aliphatic hydroxyl groups is 1. The topological polar surface area (TPSA) is 75.6 Å². The Morgan fingerprint density at radius 2 is 2.20 bits per heavy atom. The number of benzene rings is 1. The van der Waals surface area contributed by atoms with Gasteiger partial charge in [-0.3, -0.25) is 9.59 Å². The van der Waals surface area contributed by atoms with Crippen LogP contribution in [-0.2, 0) is 9.53 Å². The van der Waals surface area contributed by atoms with Crippen molar-refractivity contribution in [3.63, 3.8) is 0 Å². The van der Waals surface area contributed by atoms with Gasteiger partial charge in [-0.2, -0.15) is 0 Å². The number of methoxy groups -OCH3 is 1. The Morgan fingerprint density at radius 1 is 1.45 bits per heavy atom. The van der Waals surface area contributed by atoms with Crippen molar-refractivity contribution in [2.24, 2.45) is 0 Å². The number of amides is 1. The first-order valence-corrected chi connectivity index (χ1v) is 5.82. The molecule has 0 spiro atoms. The fourth-order valence-electron chi connectivity index (χ4n) is 1.37. The summed E-state index contributed by atoms with van der Waals surface area (Å²) in [7, 11) is 1.26. The summed E-state index contributed by atoms with van der Waals surface area (Å²) in [6, 6.07) is 3.82. The average Bonchev–Trinajstić information content (AvgIpc) is 2.45. The van der Waals surface area contributed by atoms with E-state index in [0.29, 0.717) is 0 Å². The lowest BCUT2D eigenvalue weighted by Gasteiger charge is -2.05. The van der Waals surface area contributed by atoms with E-state index < -0.39 is 17.7 Å². The van der Waals surface area contributed by atoms with Gasteiger partial charge < -0.3 is 15.2 Å². The molecule has 0 saturated carbocycles. The molecule has 20 heavy (non-hydrogen) atoms. The molecule has 106 valence electrons. The van der Waals surface area contributed by atoms with Crippen molar-refractivity contribution in [2.75, 3.05) is 20.3 Å². The molecule has 6 heteroatoms. The lowest BCUT2D eigenvalue weighted by atomic mass is 10.1. The summed E-state index contributed by atoms with van der Waals surface area (Å²) in [5, 5.41) is 11.0. The summed E-state index contributed by atoms with van der Waals surface area (Å²) in [5.74, 6) is 3.17. The smallest absolute Gasteiger partial charge is 0.307 e. The van der Waals surface area contributed by atoms with E-state index in [1.165, 1.54) is 19.2 Å². The quantitative estimate of drug-likeness (QED) is 0.620. The van der Waals surface area contributed by atoms with Gasteiger partial charge in [-0.05, 0) is 18.2 Å². The predicted octanol–water partition coefficient (Wildman–Crippen LogP) is 0.462. The van der Waals surface area contributed by atoms with Crippen molar-refractivity contribution in [1.29, 1.82) is 0 Å². The van der Waals surface area contributed by atoms with Gasteiger partial charge in [-0.15, -0.1) is 0 Å². The third-order valence-corrected chi connectivity index (χ3v) is 2.38. The largest absolute Gasteiger partial charge is 0.469 e. The van der Waals surface area contributed by atoms with Gasteiger partial charge in [0.2, 0.25) is 0 Å². The maximum absolute atomic E-state index is 13.6. The van der Waals surface area contributed by atoms with Crippen LogP contribution in [0.4, 0.5) is 4.39 Å². The maximum atomic E-state index is 13.6. The monoisotopic (exact) mass is 279 g/mol. The van der Waals surface area contributed by atoms with Crippen molar-refractivity contribution >= 4 is 11.9 Å². The number of rotatable bonds is 4. The molecule has 0 fully saturated rings. The SMILES string of the molecule is COC(=O)CCNC(=O)c1ccc(C#CCO)c(F)c1. The zero-order valence-corrected chi connectivity index (χ0v) is 10.9. The minimum atomic E-state index is -0.647. The van der Waals surface area contributed by atoms with Crippen LogP contribution in [0.3, 0.4) is 0 Å². The van der Waals surface area contributed by atoms with Gasteiger partial charge in [-0.1, -0.05) is 11.8 Å². The van der Waals surface area contributed by atoms with Crippen molar-refractivity contribution in [1.82, 2.24) is 5.32 Å². The van der Waals surface area contributed by atoms with E-state index in [0.717, 1.165) is 6.07 Å². The summed E-state index contributed by atoms with van der Waals surface area (Å²) in [4.78, 5) is 22.5. The summed E-state index contributed by atoms with van der Waals surface area (Å²) in [6.07, 6.45) is 0.0464. The molecular formula is C14H14FNO4. The highest BCUT2D eigenvalue weighted by atomic mass is 19.1. The number of ether oxygens (including phenoxy) is 1. The number of hydrogen-bond donors (Lipinski definition) is 2. The molecule has 1 amide bonds. The molecule has 0 bridgehead atoms. The standard InChI is InChI=1S/C14H14FNO4/c1-20-13(18)6-7-16-14(19)11-5-4-10(3-2-8-17)12(15)9-11/h4-5,9,17H,6-8H2,1H3,(H,16,19).